The van der Waals surface area contributed by atoms with Crippen molar-refractivity contribution in [1.82, 2.24) is 9.97 Å². The fourth-order valence-electron chi connectivity index (χ4n) is 1.22. The van der Waals surface area contributed by atoms with Crippen LogP contribution in [0, 0.1) is 6.92 Å². The Balaban J connectivity index is 2.10. The molecule has 0 aromatic carbocycles. The number of aromatic nitrogens is 2. The minimum atomic E-state index is 0.0636. The highest BCUT2D eigenvalue weighted by Gasteiger charge is 1.97. The molecule has 0 unspecified atom stereocenters. The summed E-state index contributed by atoms with van der Waals surface area (Å²) in [5, 5.41) is 11.1. The largest absolute Gasteiger partial charge is 0.237 e. The maximum atomic E-state index is 10.2. The second-order valence-electron chi connectivity index (χ2n) is 3.45. The van der Waals surface area contributed by atoms with Gasteiger partial charge in [-0.15, -0.1) is 0 Å². The van der Waals surface area contributed by atoms with Crippen LogP contribution in [0.25, 0.3) is 0 Å². The molecule has 15 heavy (non-hydrogen) atoms. The van der Waals surface area contributed by atoms with E-state index in [1.54, 1.807) is 18.0 Å². The lowest BCUT2D eigenvalue weighted by molar-refractivity contribution is 0.186. The SMILES string of the molecule is Cc1ccnc(SCCCCCC[O])n1. The molecule has 4 heteroatoms. The van der Waals surface area contributed by atoms with Gasteiger partial charge in [-0.3, -0.25) is 0 Å². The van der Waals surface area contributed by atoms with Gasteiger partial charge in [-0.25, -0.2) is 15.1 Å². The van der Waals surface area contributed by atoms with Gasteiger partial charge < -0.3 is 0 Å². The highest BCUT2D eigenvalue weighted by molar-refractivity contribution is 7.99. The lowest BCUT2D eigenvalue weighted by atomic mass is 10.2. The van der Waals surface area contributed by atoms with Crippen LogP contribution in [0.3, 0.4) is 0 Å². The van der Waals surface area contributed by atoms with Crippen LogP contribution < -0.4 is 0 Å². The molecule has 83 valence electrons. The third-order valence-corrected chi connectivity index (χ3v) is 2.99. The summed E-state index contributed by atoms with van der Waals surface area (Å²) in [5.74, 6) is 1.04. The molecule has 1 rings (SSSR count). The minimum absolute atomic E-state index is 0.0636. The Morgan fingerprint density at radius 3 is 2.80 bits per heavy atom. The van der Waals surface area contributed by atoms with Crippen LogP contribution >= 0.6 is 11.8 Å². The van der Waals surface area contributed by atoms with Gasteiger partial charge in [0.25, 0.3) is 0 Å². The first-order valence-corrected chi connectivity index (χ1v) is 6.32. The molecule has 0 bridgehead atoms. The molecule has 0 aliphatic carbocycles. The van der Waals surface area contributed by atoms with Crippen LogP contribution in [0.5, 0.6) is 0 Å². The van der Waals surface area contributed by atoms with Gasteiger partial charge in [0.05, 0.1) is 6.61 Å². The van der Waals surface area contributed by atoms with Crippen molar-refractivity contribution in [2.24, 2.45) is 0 Å². The van der Waals surface area contributed by atoms with Crippen LogP contribution in [0.4, 0.5) is 0 Å². The first kappa shape index (κ1) is 12.5. The molecule has 0 amide bonds. The first-order chi connectivity index (χ1) is 7.33. The van der Waals surface area contributed by atoms with Crippen LogP contribution in [-0.2, 0) is 5.11 Å². The van der Waals surface area contributed by atoms with E-state index in [0.29, 0.717) is 0 Å². The Bertz CT molecular complexity index is 281. The first-order valence-electron chi connectivity index (χ1n) is 5.33. The van der Waals surface area contributed by atoms with Crippen molar-refractivity contribution in [2.45, 2.75) is 37.8 Å². The van der Waals surface area contributed by atoms with Gasteiger partial charge in [0, 0.05) is 17.6 Å². The predicted octanol–water partition coefficient (Wildman–Crippen LogP) is 2.87. The molecule has 0 spiro atoms. The topological polar surface area (TPSA) is 45.7 Å². The number of thioether (sulfide) groups is 1. The second kappa shape index (κ2) is 7.65. The van der Waals surface area contributed by atoms with E-state index in [-0.39, 0.29) is 6.61 Å². The number of aryl methyl sites for hydroxylation is 1. The van der Waals surface area contributed by atoms with Gasteiger partial charge in [-0.2, -0.15) is 0 Å². The number of unbranched alkanes of at least 4 members (excludes halogenated alkanes) is 3. The average molecular weight is 225 g/mol. The van der Waals surface area contributed by atoms with E-state index in [1.807, 2.05) is 13.0 Å². The Morgan fingerprint density at radius 1 is 1.27 bits per heavy atom. The number of hydrogen-bond donors (Lipinski definition) is 0. The standard InChI is InChI=1S/C11H17N2OS/c1-10-6-7-12-11(13-10)15-9-5-3-2-4-8-14/h6-7H,2-5,8-9H2,1H3. The van der Waals surface area contributed by atoms with Crippen molar-refractivity contribution < 1.29 is 5.11 Å². The van der Waals surface area contributed by atoms with Crippen molar-refractivity contribution in [3.05, 3.63) is 18.0 Å². The maximum Gasteiger partial charge on any atom is 0.187 e. The van der Waals surface area contributed by atoms with Gasteiger partial charge in [0.2, 0.25) is 0 Å². The molecule has 0 saturated heterocycles. The van der Waals surface area contributed by atoms with Crippen molar-refractivity contribution in [2.75, 3.05) is 12.4 Å². The molecular formula is C11H17N2OS. The summed E-state index contributed by atoms with van der Waals surface area (Å²) in [6.07, 6.45) is 5.94. The lowest BCUT2D eigenvalue weighted by Gasteiger charge is -2.00. The summed E-state index contributed by atoms with van der Waals surface area (Å²) in [6.45, 7) is 2.04. The monoisotopic (exact) mass is 225 g/mol. The van der Waals surface area contributed by atoms with Crippen molar-refractivity contribution >= 4 is 11.8 Å². The van der Waals surface area contributed by atoms with E-state index < -0.39 is 0 Å². The molecule has 1 aromatic heterocycles. The molecule has 3 nitrogen and oxygen atoms in total. The van der Waals surface area contributed by atoms with Crippen molar-refractivity contribution in [3.8, 4) is 0 Å². The Hall–Kier alpha value is -0.610. The Kier molecular flexibility index (Phi) is 6.36. The number of rotatable bonds is 7. The maximum absolute atomic E-state index is 10.2. The van der Waals surface area contributed by atoms with E-state index in [0.717, 1.165) is 42.3 Å². The van der Waals surface area contributed by atoms with Gasteiger partial charge in [0.15, 0.2) is 5.16 Å². The molecule has 0 aliphatic rings. The van der Waals surface area contributed by atoms with E-state index in [1.165, 1.54) is 0 Å². The summed E-state index contributed by atoms with van der Waals surface area (Å²) in [6, 6.07) is 1.90. The summed E-state index contributed by atoms with van der Waals surface area (Å²) in [7, 11) is 0. The highest BCUT2D eigenvalue weighted by Crippen LogP contribution is 2.15. The van der Waals surface area contributed by atoms with Gasteiger partial charge >= 0.3 is 0 Å². The van der Waals surface area contributed by atoms with E-state index in [2.05, 4.69) is 9.97 Å². The normalized spacial score (nSPS) is 10.5. The molecule has 0 atom stereocenters. The zero-order chi connectivity index (χ0) is 10.9. The molecule has 0 saturated carbocycles. The number of hydrogen-bond acceptors (Lipinski definition) is 3. The average Bonchev–Trinajstić information content (AvgIpc) is 2.23. The second-order valence-corrected chi connectivity index (χ2v) is 4.51. The minimum Gasteiger partial charge on any atom is -0.237 e. The smallest absolute Gasteiger partial charge is 0.187 e. The molecule has 0 aliphatic heterocycles. The van der Waals surface area contributed by atoms with Crippen LogP contribution in [0.2, 0.25) is 0 Å². The predicted molar refractivity (Wildman–Crippen MR) is 61.5 cm³/mol. The lowest BCUT2D eigenvalue weighted by Crippen LogP contribution is -1.90. The Labute approximate surface area is 95.3 Å². The van der Waals surface area contributed by atoms with Crippen LogP contribution in [-0.4, -0.2) is 22.3 Å². The van der Waals surface area contributed by atoms with Gasteiger partial charge in [-0.05, 0) is 25.8 Å². The zero-order valence-electron chi connectivity index (χ0n) is 9.11. The van der Waals surface area contributed by atoms with Gasteiger partial charge in [-0.1, -0.05) is 24.6 Å². The molecule has 1 heterocycles. The summed E-state index contributed by atoms with van der Waals surface area (Å²) in [4.78, 5) is 8.48. The molecule has 1 aromatic rings. The number of nitrogens with zero attached hydrogens (tertiary/aromatic N) is 2. The van der Waals surface area contributed by atoms with Crippen LogP contribution in [0.1, 0.15) is 31.4 Å². The van der Waals surface area contributed by atoms with Crippen LogP contribution in [0.15, 0.2) is 17.4 Å². The highest BCUT2D eigenvalue weighted by atomic mass is 32.2. The van der Waals surface area contributed by atoms with Crippen molar-refractivity contribution in [1.29, 1.82) is 0 Å². The quantitative estimate of drug-likeness (QED) is 0.407. The third-order valence-electron chi connectivity index (χ3n) is 2.04. The summed E-state index contributed by atoms with van der Waals surface area (Å²) >= 11 is 1.69. The van der Waals surface area contributed by atoms with E-state index in [4.69, 9.17) is 0 Å². The molecule has 0 fully saturated rings. The molecule has 0 N–H and O–H groups in total. The Morgan fingerprint density at radius 2 is 2.07 bits per heavy atom. The van der Waals surface area contributed by atoms with Crippen molar-refractivity contribution in [3.63, 3.8) is 0 Å². The molecular weight excluding hydrogens is 208 g/mol. The fraction of sp³-hybridized carbons (Fsp3) is 0.636. The summed E-state index contributed by atoms with van der Waals surface area (Å²) < 4.78 is 0. The van der Waals surface area contributed by atoms with Gasteiger partial charge in [0.1, 0.15) is 0 Å². The molecule has 1 radical (unpaired) electrons. The fourth-order valence-corrected chi connectivity index (χ4v) is 2.09. The van der Waals surface area contributed by atoms with E-state index >= 15 is 0 Å². The zero-order valence-corrected chi connectivity index (χ0v) is 9.92. The summed E-state index contributed by atoms with van der Waals surface area (Å²) in [5.41, 5.74) is 1.01. The van der Waals surface area contributed by atoms with E-state index in [9.17, 15) is 5.11 Å². The third kappa shape index (κ3) is 5.74.